The van der Waals surface area contributed by atoms with Crippen molar-refractivity contribution in [1.82, 2.24) is 9.97 Å². The van der Waals surface area contributed by atoms with Crippen LogP contribution in [0.3, 0.4) is 0 Å². The van der Waals surface area contributed by atoms with Gasteiger partial charge in [0.15, 0.2) is 0 Å². The predicted octanol–water partition coefficient (Wildman–Crippen LogP) is 7.28. The van der Waals surface area contributed by atoms with Gasteiger partial charge in [-0.1, -0.05) is 24.3 Å². The van der Waals surface area contributed by atoms with Gasteiger partial charge < -0.3 is 21.4 Å². The van der Waals surface area contributed by atoms with E-state index in [-0.39, 0.29) is 0 Å². The molecule has 2 aromatic heterocycles. The molecule has 0 aliphatic heterocycles. The summed E-state index contributed by atoms with van der Waals surface area (Å²) in [4.78, 5) is 20.1. The molecule has 2 amide bonds. The number of hydrogen-bond acceptors (Lipinski definition) is 3. The van der Waals surface area contributed by atoms with Crippen LogP contribution in [0.25, 0.3) is 33.3 Å². The van der Waals surface area contributed by atoms with Crippen LogP contribution in [-0.4, -0.2) is 16.0 Å². The van der Waals surface area contributed by atoms with Gasteiger partial charge in [-0.05, 0) is 59.7 Å². The highest BCUT2D eigenvalue weighted by molar-refractivity contribution is 6.01. The third kappa shape index (κ3) is 5.08. The van der Waals surface area contributed by atoms with E-state index < -0.39 is 29.3 Å². The Morgan fingerprint density at radius 3 is 2.46 bits per heavy atom. The quantitative estimate of drug-likeness (QED) is 0.153. The molecule has 10 heteroatoms. The minimum atomic E-state index is -4.67. The zero-order valence-corrected chi connectivity index (χ0v) is 19.0. The third-order valence-corrected chi connectivity index (χ3v) is 5.72. The average Bonchev–Trinajstić information content (AvgIpc) is 3.28. The minimum Gasteiger partial charge on any atom is -0.399 e. The van der Waals surface area contributed by atoms with Crippen LogP contribution < -0.4 is 16.4 Å². The fraction of sp³-hybridized carbons (Fsp3) is 0.0370. The molecule has 2 heterocycles. The summed E-state index contributed by atoms with van der Waals surface area (Å²) in [6.45, 7) is 0. The summed E-state index contributed by atoms with van der Waals surface area (Å²) in [6, 6.07) is 17.2. The van der Waals surface area contributed by atoms with Gasteiger partial charge in [0.05, 0.1) is 11.3 Å². The number of halogens is 4. The van der Waals surface area contributed by atoms with E-state index in [2.05, 4.69) is 20.6 Å². The van der Waals surface area contributed by atoms with Crippen LogP contribution in [0.15, 0.2) is 85.2 Å². The number of benzene rings is 3. The topological polar surface area (TPSA) is 95.8 Å². The summed E-state index contributed by atoms with van der Waals surface area (Å²) in [6.07, 6.45) is -1.14. The van der Waals surface area contributed by atoms with Crippen molar-refractivity contribution < 1.29 is 22.4 Å². The molecule has 186 valence electrons. The van der Waals surface area contributed by atoms with E-state index in [0.717, 1.165) is 27.6 Å². The number of anilines is 3. The number of hydrogen-bond donors (Lipinski definition) is 4. The van der Waals surface area contributed by atoms with E-state index in [0.29, 0.717) is 35.2 Å². The number of alkyl halides is 3. The third-order valence-electron chi connectivity index (χ3n) is 5.72. The maximum absolute atomic E-state index is 14.0. The number of nitrogens with zero attached hydrogens (tertiary/aromatic N) is 1. The molecule has 37 heavy (non-hydrogen) atoms. The molecule has 0 aliphatic rings. The molecule has 0 saturated heterocycles. The van der Waals surface area contributed by atoms with Gasteiger partial charge in [-0.25, -0.2) is 14.2 Å². The number of aromatic amines is 1. The monoisotopic (exact) mass is 505 g/mol. The molecule has 0 saturated carbocycles. The lowest BCUT2D eigenvalue weighted by atomic mass is 10.0. The van der Waals surface area contributed by atoms with Gasteiger partial charge in [0, 0.05) is 40.3 Å². The standard InChI is InChI=1S/C27H19F4N5O/c28-23-8-7-18(27(29,30)31)12-24(23)36-26(37)35-20-6-2-4-16(10-20)22-14-34-25-21(22)11-17(13-33-25)15-3-1-5-19(32)9-15/h1-14H,32H2,(H,33,34)(H2,35,36,37). The van der Waals surface area contributed by atoms with Crippen molar-refractivity contribution in [3.63, 3.8) is 0 Å². The molecule has 5 N–H and O–H groups in total. The molecule has 0 atom stereocenters. The number of rotatable bonds is 4. The number of H-pyrrole nitrogens is 1. The van der Waals surface area contributed by atoms with Gasteiger partial charge in [0.1, 0.15) is 11.5 Å². The molecular weight excluding hydrogens is 486 g/mol. The lowest BCUT2D eigenvalue weighted by Crippen LogP contribution is -2.20. The van der Waals surface area contributed by atoms with E-state index in [1.807, 2.05) is 30.3 Å². The molecule has 0 spiro atoms. The SMILES string of the molecule is Nc1cccc(-c2cnc3[nH]cc(-c4cccc(NC(=O)Nc5cc(C(F)(F)F)ccc5F)c4)c3c2)c1. The van der Waals surface area contributed by atoms with Crippen molar-refractivity contribution >= 4 is 34.1 Å². The smallest absolute Gasteiger partial charge is 0.399 e. The predicted molar refractivity (Wildman–Crippen MR) is 135 cm³/mol. The summed E-state index contributed by atoms with van der Waals surface area (Å²) in [7, 11) is 0. The van der Waals surface area contributed by atoms with Crippen molar-refractivity contribution in [2.45, 2.75) is 6.18 Å². The minimum absolute atomic E-state index is 0.358. The number of fused-ring (bicyclic) bond motifs is 1. The molecule has 3 aromatic carbocycles. The van der Waals surface area contributed by atoms with Gasteiger partial charge in [0.25, 0.3) is 0 Å². The Labute approximate surface area is 208 Å². The summed E-state index contributed by atoms with van der Waals surface area (Å²) in [5.41, 5.74) is 9.27. The van der Waals surface area contributed by atoms with E-state index in [1.165, 1.54) is 0 Å². The first-order chi connectivity index (χ1) is 17.7. The Kier molecular flexibility index (Phi) is 6.00. The fourth-order valence-corrected chi connectivity index (χ4v) is 3.96. The normalized spacial score (nSPS) is 11.5. The van der Waals surface area contributed by atoms with E-state index >= 15 is 0 Å². The Morgan fingerprint density at radius 2 is 1.68 bits per heavy atom. The highest BCUT2D eigenvalue weighted by Gasteiger charge is 2.31. The molecule has 5 rings (SSSR count). The zero-order chi connectivity index (χ0) is 26.2. The highest BCUT2D eigenvalue weighted by atomic mass is 19.4. The Bertz CT molecular complexity index is 1630. The van der Waals surface area contributed by atoms with Crippen LogP contribution in [0.1, 0.15) is 5.56 Å². The fourth-order valence-electron chi connectivity index (χ4n) is 3.96. The number of urea groups is 1. The first-order valence-corrected chi connectivity index (χ1v) is 11.1. The van der Waals surface area contributed by atoms with Crippen molar-refractivity contribution in [2.75, 3.05) is 16.4 Å². The Balaban J connectivity index is 1.40. The van der Waals surface area contributed by atoms with Gasteiger partial charge in [-0.2, -0.15) is 13.2 Å². The molecular formula is C27H19F4N5O. The maximum Gasteiger partial charge on any atom is 0.416 e. The van der Waals surface area contributed by atoms with Gasteiger partial charge in [0.2, 0.25) is 0 Å². The molecule has 0 radical (unpaired) electrons. The number of nitrogens with two attached hydrogens (primary N) is 1. The Hall–Kier alpha value is -4.86. The van der Waals surface area contributed by atoms with Crippen LogP contribution in [0, 0.1) is 5.82 Å². The summed E-state index contributed by atoms with van der Waals surface area (Å²) in [5.74, 6) is -0.987. The number of aromatic nitrogens is 2. The van der Waals surface area contributed by atoms with Crippen LogP contribution in [0.5, 0.6) is 0 Å². The first-order valence-electron chi connectivity index (χ1n) is 11.1. The molecule has 0 aliphatic carbocycles. The van der Waals surface area contributed by atoms with Crippen LogP contribution >= 0.6 is 0 Å². The van der Waals surface area contributed by atoms with Crippen LogP contribution in [0.2, 0.25) is 0 Å². The van der Waals surface area contributed by atoms with Crippen molar-refractivity contribution in [1.29, 1.82) is 0 Å². The van der Waals surface area contributed by atoms with E-state index in [4.69, 9.17) is 5.73 Å². The lowest BCUT2D eigenvalue weighted by Gasteiger charge is -2.12. The number of carbonyl (C=O) groups excluding carboxylic acids is 1. The van der Waals surface area contributed by atoms with Crippen molar-refractivity contribution in [3.05, 3.63) is 96.6 Å². The van der Waals surface area contributed by atoms with E-state index in [1.54, 1.807) is 36.7 Å². The number of nitrogen functional groups attached to an aromatic ring is 1. The number of carbonyl (C=O) groups is 1. The second-order valence-electron chi connectivity index (χ2n) is 8.30. The second kappa shape index (κ2) is 9.30. The molecule has 0 unspecified atom stereocenters. The number of pyridine rings is 1. The molecule has 6 nitrogen and oxygen atoms in total. The Morgan fingerprint density at radius 1 is 0.892 bits per heavy atom. The van der Waals surface area contributed by atoms with Crippen LogP contribution in [-0.2, 0) is 6.18 Å². The summed E-state index contributed by atoms with van der Waals surface area (Å²) in [5, 5.41) is 5.51. The molecule has 0 bridgehead atoms. The maximum atomic E-state index is 14.0. The summed E-state index contributed by atoms with van der Waals surface area (Å²) >= 11 is 0. The summed E-state index contributed by atoms with van der Waals surface area (Å²) < 4.78 is 52.9. The van der Waals surface area contributed by atoms with Gasteiger partial charge >= 0.3 is 12.2 Å². The number of nitrogens with one attached hydrogen (secondary N) is 3. The molecule has 0 fully saturated rings. The zero-order valence-electron chi connectivity index (χ0n) is 19.0. The van der Waals surface area contributed by atoms with Gasteiger partial charge in [-0.15, -0.1) is 0 Å². The van der Waals surface area contributed by atoms with E-state index in [9.17, 15) is 22.4 Å². The second-order valence-corrected chi connectivity index (χ2v) is 8.30. The number of amides is 2. The molecule has 5 aromatic rings. The van der Waals surface area contributed by atoms with Crippen molar-refractivity contribution in [2.24, 2.45) is 0 Å². The highest BCUT2D eigenvalue weighted by Crippen LogP contribution is 2.33. The van der Waals surface area contributed by atoms with Crippen molar-refractivity contribution in [3.8, 4) is 22.3 Å². The average molecular weight is 505 g/mol. The largest absolute Gasteiger partial charge is 0.416 e. The van der Waals surface area contributed by atoms with Crippen LogP contribution in [0.4, 0.5) is 39.4 Å². The lowest BCUT2D eigenvalue weighted by molar-refractivity contribution is -0.137. The van der Waals surface area contributed by atoms with Gasteiger partial charge in [-0.3, -0.25) is 0 Å². The first kappa shape index (κ1) is 23.9.